The normalized spacial score (nSPS) is 38.7. The van der Waals surface area contributed by atoms with Gasteiger partial charge in [-0.1, -0.05) is 5.11 Å². The molecule has 0 radical (unpaired) electrons. The number of aliphatic hydroxyl groups excluding tert-OH is 14. The van der Waals surface area contributed by atoms with Crippen LogP contribution in [0.15, 0.2) is 16.6 Å². The summed E-state index contributed by atoms with van der Waals surface area (Å²) in [6, 6.07) is 0. The fraction of sp³-hybridized carbons (Fsp3) is 0.943. The van der Waals surface area contributed by atoms with Crippen LogP contribution >= 0.6 is 0 Å². The van der Waals surface area contributed by atoms with Crippen LogP contribution in [0.25, 0.3) is 10.4 Å². The second kappa shape index (κ2) is 27.5. The van der Waals surface area contributed by atoms with E-state index < -0.39 is 161 Å². The lowest BCUT2D eigenvalue weighted by molar-refractivity contribution is -0.364. The van der Waals surface area contributed by atoms with Crippen LogP contribution in [0.3, 0.4) is 0 Å². The summed E-state index contributed by atoms with van der Waals surface area (Å²) in [5.41, 5.74) is 7.75. The zero-order valence-corrected chi connectivity index (χ0v) is 34.5. The van der Waals surface area contributed by atoms with Gasteiger partial charge in [-0.05, 0) is 5.53 Å². The molecule has 372 valence electrons. The molecule has 0 bridgehead atoms. The van der Waals surface area contributed by atoms with Crippen molar-refractivity contribution in [3.8, 4) is 0 Å². The van der Waals surface area contributed by atoms with Crippen LogP contribution in [0.5, 0.6) is 0 Å². The molecule has 0 aromatic rings. The van der Waals surface area contributed by atoms with E-state index >= 15 is 0 Å². The molecule has 0 aromatic heterocycles. The highest BCUT2D eigenvalue weighted by Gasteiger charge is 2.53. The van der Waals surface area contributed by atoms with Gasteiger partial charge in [-0.25, -0.2) is 0 Å². The zero-order valence-electron chi connectivity index (χ0n) is 34.5. The number of nitrogens with one attached hydrogen (secondary N) is 1. The van der Waals surface area contributed by atoms with Crippen LogP contribution in [0.4, 0.5) is 0 Å². The highest BCUT2D eigenvalue weighted by Crippen LogP contribution is 2.35. The largest absolute Gasteiger partial charge is 0.457 e. The standard InChI is InChI=1S/C35H62N4O25/c36-39-38-2-4-55-5-6-56-14-20(44)37-1-3-54-7-8-57-34-29(53)30(25(49)19(12-43)61-34)63-35-31(27(51)24(48)18(11-42)62-35)64-32-15(21(45)22(46)16(9-40)59-32)13-58-33-28(52)26(50)23(47)17(10-41)60-33/h16-31,33-35,37,40-53H,1-14H2/t16?,17?,18?,19?,20?,21?,22-,23-,24-,25-,26?,27?,28?,29?,30?,31?,33+,34+,35-/m1/s1. The maximum atomic E-state index is 11.3. The van der Waals surface area contributed by atoms with Crippen molar-refractivity contribution in [2.75, 3.05) is 92.4 Å². The van der Waals surface area contributed by atoms with Gasteiger partial charge in [0.15, 0.2) is 31.1 Å². The predicted molar refractivity (Wildman–Crippen MR) is 202 cm³/mol. The van der Waals surface area contributed by atoms with Crippen molar-refractivity contribution in [3.63, 3.8) is 0 Å². The smallest absolute Gasteiger partial charge is 0.284 e. The first kappa shape index (κ1) is 54.3. The molecule has 12 unspecified atom stereocenters. The van der Waals surface area contributed by atoms with Crippen LogP contribution in [-0.2, 0) is 52.1 Å². The summed E-state index contributed by atoms with van der Waals surface area (Å²) in [7, 11) is 0. The SMILES string of the molecule is [N-]=[N+]=NCCOCCOCC(O)NCCOCCO[C@H]1OC(CO)[C@@H](O)C(O[C@H]2OC(CO)[C@@H](O)C(O)C2OC2=C(CO[C@H]3OC(CO)[C@@H](O)C(O)C3O)C(O)[C@H](O)C(CO)O2)C1O. The van der Waals surface area contributed by atoms with E-state index in [0.29, 0.717) is 0 Å². The monoisotopic (exact) mass is 938 g/mol. The first-order chi connectivity index (χ1) is 30.7. The van der Waals surface area contributed by atoms with E-state index in [1.807, 2.05) is 0 Å². The van der Waals surface area contributed by atoms with Crippen LogP contribution in [0.1, 0.15) is 0 Å². The van der Waals surface area contributed by atoms with E-state index in [2.05, 4.69) is 15.3 Å². The molecule has 15 N–H and O–H groups in total. The maximum Gasteiger partial charge on any atom is 0.284 e. The Hall–Kier alpha value is -2.31. The highest BCUT2D eigenvalue weighted by atomic mass is 16.8. The Morgan fingerprint density at radius 2 is 1.17 bits per heavy atom. The van der Waals surface area contributed by atoms with E-state index in [4.69, 9.17) is 57.6 Å². The quantitative estimate of drug-likeness (QED) is 0.0120. The molecule has 4 aliphatic heterocycles. The van der Waals surface area contributed by atoms with Gasteiger partial charge >= 0.3 is 0 Å². The molecule has 0 aliphatic carbocycles. The zero-order chi connectivity index (χ0) is 46.9. The van der Waals surface area contributed by atoms with Gasteiger partial charge in [-0.2, -0.15) is 0 Å². The molecule has 29 heteroatoms. The van der Waals surface area contributed by atoms with Crippen LogP contribution in [0.2, 0.25) is 0 Å². The average molecular weight is 939 g/mol. The molecule has 29 nitrogen and oxygen atoms in total. The Labute approximate surface area is 364 Å². The Morgan fingerprint density at radius 1 is 0.594 bits per heavy atom. The van der Waals surface area contributed by atoms with Gasteiger partial charge in [0.25, 0.3) is 5.95 Å². The lowest BCUT2D eigenvalue weighted by atomic mass is 9.96. The number of azide groups is 1. The Kier molecular flexibility index (Phi) is 23.3. The van der Waals surface area contributed by atoms with E-state index in [1.54, 1.807) is 0 Å². The number of hydrogen-bond donors (Lipinski definition) is 15. The van der Waals surface area contributed by atoms with Gasteiger partial charge in [-0.15, -0.1) is 0 Å². The summed E-state index contributed by atoms with van der Waals surface area (Å²) in [4.78, 5) is 2.60. The molecule has 0 aromatic carbocycles. The number of ether oxygens (including phenoxy) is 11. The third-order valence-corrected chi connectivity index (χ3v) is 10.4. The van der Waals surface area contributed by atoms with Gasteiger partial charge in [0, 0.05) is 18.0 Å². The lowest BCUT2D eigenvalue weighted by Gasteiger charge is -2.47. The van der Waals surface area contributed by atoms with Crippen LogP contribution in [-0.4, -0.2) is 281 Å². The first-order valence-corrected chi connectivity index (χ1v) is 20.4. The predicted octanol–water partition coefficient (Wildman–Crippen LogP) is -8.94. The summed E-state index contributed by atoms with van der Waals surface area (Å²) < 4.78 is 61.0. The Balaban J connectivity index is 1.40. The maximum absolute atomic E-state index is 11.3. The van der Waals surface area contributed by atoms with Crippen molar-refractivity contribution in [1.29, 1.82) is 0 Å². The second-order valence-electron chi connectivity index (χ2n) is 14.8. The summed E-state index contributed by atoms with van der Waals surface area (Å²) in [5.74, 6) is -0.764. The van der Waals surface area contributed by atoms with Gasteiger partial charge < -0.3 is 124 Å². The van der Waals surface area contributed by atoms with Gasteiger partial charge in [0.1, 0.15) is 85.6 Å². The van der Waals surface area contributed by atoms with E-state index in [9.17, 15) is 71.5 Å². The molecule has 0 spiro atoms. The first-order valence-electron chi connectivity index (χ1n) is 20.4. The lowest BCUT2D eigenvalue weighted by Crippen LogP contribution is -2.65. The topological polar surface area (TPSA) is 446 Å². The fourth-order valence-electron chi connectivity index (χ4n) is 6.75. The van der Waals surface area contributed by atoms with Crippen LogP contribution < -0.4 is 5.32 Å². The van der Waals surface area contributed by atoms with Gasteiger partial charge in [0.05, 0.1) is 84.9 Å². The van der Waals surface area contributed by atoms with Crippen molar-refractivity contribution < 1.29 is 124 Å². The fourth-order valence-corrected chi connectivity index (χ4v) is 6.75. The minimum Gasteiger partial charge on any atom is -0.457 e. The molecule has 3 saturated heterocycles. The third kappa shape index (κ3) is 14.6. The summed E-state index contributed by atoms with van der Waals surface area (Å²) in [6.07, 6.45) is -32.9. The van der Waals surface area contributed by atoms with Crippen molar-refractivity contribution in [2.24, 2.45) is 5.11 Å². The third-order valence-electron chi connectivity index (χ3n) is 10.4. The Bertz CT molecular complexity index is 1420. The summed E-state index contributed by atoms with van der Waals surface area (Å²) in [5, 5.41) is 152. The number of rotatable bonds is 27. The summed E-state index contributed by atoms with van der Waals surface area (Å²) in [6.45, 7) is -3.46. The molecule has 0 saturated carbocycles. The van der Waals surface area contributed by atoms with E-state index in [1.165, 1.54) is 0 Å². The van der Waals surface area contributed by atoms with Gasteiger partial charge in [0.2, 0.25) is 0 Å². The number of nitrogens with zero attached hydrogens (tertiary/aromatic N) is 3. The van der Waals surface area contributed by atoms with E-state index in [0.717, 1.165) is 0 Å². The minimum atomic E-state index is -2.05. The molecule has 4 heterocycles. The average Bonchev–Trinajstić information content (AvgIpc) is 3.29. The highest BCUT2D eigenvalue weighted by molar-refractivity contribution is 5.18. The van der Waals surface area contributed by atoms with Crippen molar-refractivity contribution in [3.05, 3.63) is 22.0 Å². The summed E-state index contributed by atoms with van der Waals surface area (Å²) >= 11 is 0. The van der Waals surface area contributed by atoms with Crippen molar-refractivity contribution in [2.45, 2.75) is 117 Å². The van der Waals surface area contributed by atoms with Crippen LogP contribution in [0, 0.1) is 0 Å². The number of aliphatic hydroxyl groups is 14. The molecule has 64 heavy (non-hydrogen) atoms. The van der Waals surface area contributed by atoms with E-state index in [-0.39, 0.29) is 59.3 Å². The molecule has 0 amide bonds. The molecule has 19 atom stereocenters. The molecule has 4 aliphatic rings. The minimum absolute atomic E-state index is 0.0482. The molecular formula is C35H62N4O25. The molecular weight excluding hydrogens is 876 g/mol. The number of hydrogen-bond acceptors (Lipinski definition) is 27. The second-order valence-corrected chi connectivity index (χ2v) is 14.8. The van der Waals surface area contributed by atoms with Gasteiger partial charge in [-0.3, -0.25) is 5.32 Å². The van der Waals surface area contributed by atoms with Crippen molar-refractivity contribution >= 4 is 0 Å². The molecule has 4 rings (SSSR count). The Morgan fingerprint density at radius 3 is 1.83 bits per heavy atom. The molecule has 3 fully saturated rings. The van der Waals surface area contributed by atoms with Crippen molar-refractivity contribution in [1.82, 2.24) is 5.32 Å².